The first-order valence-electron chi connectivity index (χ1n) is 10.8. The maximum Gasteiger partial charge on any atom is 0.458 e. The molecule has 0 saturated heterocycles. The van der Waals surface area contributed by atoms with E-state index in [1.54, 1.807) is 30.3 Å². The molecule has 4 nitrogen and oxygen atoms in total. The molecule has 1 heterocycles. The highest BCUT2D eigenvalue weighted by Crippen LogP contribution is 2.45. The van der Waals surface area contributed by atoms with Crippen LogP contribution in [-0.4, -0.2) is 10.7 Å². The molecule has 0 saturated carbocycles. The highest BCUT2D eigenvalue weighted by atomic mass is 35.5. The van der Waals surface area contributed by atoms with Crippen molar-refractivity contribution in [2.75, 3.05) is 0 Å². The van der Waals surface area contributed by atoms with Gasteiger partial charge in [0.15, 0.2) is 0 Å². The molecule has 4 rings (SSSR count). The first-order chi connectivity index (χ1) is 17.9. The van der Waals surface area contributed by atoms with Crippen molar-refractivity contribution in [1.29, 1.82) is 5.26 Å². The molecule has 0 aliphatic rings. The summed E-state index contributed by atoms with van der Waals surface area (Å²) in [7, 11) is 0. The maximum absolute atomic E-state index is 14.5. The van der Waals surface area contributed by atoms with E-state index >= 15 is 0 Å². The van der Waals surface area contributed by atoms with E-state index in [0.29, 0.717) is 28.2 Å². The summed E-state index contributed by atoms with van der Waals surface area (Å²) in [6, 6.07) is 20.5. The summed E-state index contributed by atoms with van der Waals surface area (Å²) in [5.41, 5.74) is -4.25. The summed E-state index contributed by atoms with van der Waals surface area (Å²) in [6.07, 6.45) is -6.04. The van der Waals surface area contributed by atoms with E-state index in [-0.39, 0.29) is 22.8 Å². The van der Waals surface area contributed by atoms with Gasteiger partial charge in [-0.2, -0.15) is 27.2 Å². The largest absolute Gasteiger partial charge is 0.458 e. The Bertz CT molecular complexity index is 1580. The second kappa shape index (κ2) is 10.5. The molecule has 0 N–H and O–H groups in total. The molecule has 4 aromatic rings. The Kier molecular flexibility index (Phi) is 7.49. The standard InChI is InChI=1S/C27H15Cl2F5N2O2/c28-18-9-6-17(23(29)12-18)15-36-24(13-22(21(14-35)25(36)37)26(30,31)27(32,33)34)16-7-10-20(11-8-16)38-19-4-2-1-3-5-19/h1-13H,15H2. The Balaban J connectivity index is 1.90. The molecule has 0 aliphatic carbocycles. The topological polar surface area (TPSA) is 55.0 Å². The van der Waals surface area contributed by atoms with Gasteiger partial charge in [-0.25, -0.2) is 0 Å². The molecule has 0 amide bonds. The molecule has 0 atom stereocenters. The van der Waals surface area contributed by atoms with E-state index in [1.807, 2.05) is 0 Å². The molecular weight excluding hydrogens is 550 g/mol. The molecule has 0 spiro atoms. The third-order valence-corrected chi connectivity index (χ3v) is 6.17. The van der Waals surface area contributed by atoms with Crippen LogP contribution in [0.5, 0.6) is 11.5 Å². The van der Waals surface area contributed by atoms with Gasteiger partial charge in [0.25, 0.3) is 5.56 Å². The van der Waals surface area contributed by atoms with Crippen molar-refractivity contribution in [3.8, 4) is 28.8 Å². The van der Waals surface area contributed by atoms with Crippen LogP contribution in [0, 0.1) is 11.3 Å². The van der Waals surface area contributed by atoms with Gasteiger partial charge < -0.3 is 9.30 Å². The van der Waals surface area contributed by atoms with Crippen molar-refractivity contribution in [3.63, 3.8) is 0 Å². The highest BCUT2D eigenvalue weighted by molar-refractivity contribution is 6.35. The molecule has 0 bridgehead atoms. The normalized spacial score (nSPS) is 11.7. The molecular formula is C27H15Cl2F5N2O2. The Morgan fingerprint density at radius 2 is 1.50 bits per heavy atom. The molecule has 0 fully saturated rings. The van der Waals surface area contributed by atoms with E-state index in [4.69, 9.17) is 27.9 Å². The zero-order valence-corrected chi connectivity index (χ0v) is 20.6. The van der Waals surface area contributed by atoms with Gasteiger partial charge in [0.2, 0.25) is 0 Å². The molecule has 3 aromatic carbocycles. The Hall–Kier alpha value is -3.87. The van der Waals surface area contributed by atoms with Crippen molar-refractivity contribution in [2.45, 2.75) is 18.6 Å². The minimum atomic E-state index is -6.04. The van der Waals surface area contributed by atoms with Crippen LogP contribution in [0.1, 0.15) is 16.7 Å². The summed E-state index contributed by atoms with van der Waals surface area (Å²) in [5, 5.41) is 9.84. The van der Waals surface area contributed by atoms with Gasteiger partial charge in [0, 0.05) is 10.0 Å². The quantitative estimate of drug-likeness (QED) is 0.222. The molecule has 0 radical (unpaired) electrons. The molecule has 194 valence electrons. The Morgan fingerprint density at radius 1 is 0.868 bits per heavy atom. The number of hydrogen-bond acceptors (Lipinski definition) is 3. The summed E-state index contributed by atoms with van der Waals surface area (Å²) < 4.78 is 75.4. The third-order valence-electron chi connectivity index (χ3n) is 5.58. The number of nitrogens with zero attached hydrogens (tertiary/aromatic N) is 2. The number of pyridine rings is 1. The van der Waals surface area contributed by atoms with Gasteiger partial charge in [-0.3, -0.25) is 4.79 Å². The fourth-order valence-corrected chi connectivity index (χ4v) is 4.16. The van der Waals surface area contributed by atoms with Crippen LogP contribution in [0.25, 0.3) is 11.3 Å². The van der Waals surface area contributed by atoms with Crippen molar-refractivity contribution >= 4 is 23.2 Å². The zero-order valence-electron chi connectivity index (χ0n) is 19.1. The molecule has 0 aliphatic heterocycles. The number of aromatic nitrogens is 1. The fraction of sp³-hybridized carbons (Fsp3) is 0.111. The Labute approximate surface area is 223 Å². The highest BCUT2D eigenvalue weighted by Gasteiger charge is 2.60. The number of halogens is 7. The molecule has 38 heavy (non-hydrogen) atoms. The number of alkyl halides is 5. The number of ether oxygens (including phenoxy) is 1. The maximum atomic E-state index is 14.5. The van der Waals surface area contributed by atoms with Crippen LogP contribution in [-0.2, 0) is 12.5 Å². The lowest BCUT2D eigenvalue weighted by atomic mass is 9.99. The van der Waals surface area contributed by atoms with Crippen molar-refractivity contribution < 1.29 is 26.7 Å². The van der Waals surface area contributed by atoms with Crippen molar-refractivity contribution in [1.82, 2.24) is 4.57 Å². The van der Waals surface area contributed by atoms with Gasteiger partial charge in [-0.15, -0.1) is 0 Å². The van der Waals surface area contributed by atoms with E-state index in [9.17, 15) is 32.0 Å². The summed E-state index contributed by atoms with van der Waals surface area (Å²) in [6.45, 7) is -0.334. The van der Waals surface area contributed by atoms with E-state index in [2.05, 4.69) is 0 Å². The smallest absolute Gasteiger partial charge is 0.457 e. The summed E-state index contributed by atoms with van der Waals surface area (Å²) in [4.78, 5) is 13.2. The molecule has 0 unspecified atom stereocenters. The van der Waals surface area contributed by atoms with E-state index < -0.39 is 28.8 Å². The average Bonchev–Trinajstić information content (AvgIpc) is 2.87. The van der Waals surface area contributed by atoms with Crippen LogP contribution in [0.4, 0.5) is 22.0 Å². The van der Waals surface area contributed by atoms with Gasteiger partial charge >= 0.3 is 12.1 Å². The fourth-order valence-electron chi connectivity index (χ4n) is 3.69. The van der Waals surface area contributed by atoms with Crippen molar-refractivity contribution in [3.05, 3.63) is 116 Å². The van der Waals surface area contributed by atoms with Gasteiger partial charge in [0.1, 0.15) is 23.1 Å². The third kappa shape index (κ3) is 5.37. The van der Waals surface area contributed by atoms with Crippen LogP contribution >= 0.6 is 23.2 Å². The minimum Gasteiger partial charge on any atom is -0.457 e. The number of rotatable bonds is 6. The van der Waals surface area contributed by atoms with Gasteiger partial charge in [0.05, 0.1) is 17.8 Å². The summed E-state index contributed by atoms with van der Waals surface area (Å²) >= 11 is 12.1. The van der Waals surface area contributed by atoms with Crippen LogP contribution in [0.2, 0.25) is 10.0 Å². The second-order valence-corrected chi connectivity index (χ2v) is 8.91. The predicted octanol–water partition coefficient (Wildman–Crippen LogP) is 8.19. The van der Waals surface area contributed by atoms with Crippen molar-refractivity contribution in [2.24, 2.45) is 0 Å². The SMILES string of the molecule is N#Cc1c(C(F)(F)C(F)(F)F)cc(-c2ccc(Oc3ccccc3)cc2)n(Cc2ccc(Cl)cc2Cl)c1=O. The first kappa shape index (κ1) is 27.2. The van der Waals surface area contributed by atoms with E-state index in [1.165, 1.54) is 48.5 Å². The predicted molar refractivity (Wildman–Crippen MR) is 133 cm³/mol. The lowest BCUT2D eigenvalue weighted by Gasteiger charge is -2.23. The van der Waals surface area contributed by atoms with E-state index in [0.717, 1.165) is 4.57 Å². The van der Waals surface area contributed by atoms with Gasteiger partial charge in [-0.05, 0) is 65.7 Å². The number of nitriles is 1. The van der Waals surface area contributed by atoms with Gasteiger partial charge in [-0.1, -0.05) is 47.5 Å². The lowest BCUT2D eigenvalue weighted by Crippen LogP contribution is -2.38. The Morgan fingerprint density at radius 3 is 2.08 bits per heavy atom. The van der Waals surface area contributed by atoms with Crippen LogP contribution < -0.4 is 10.3 Å². The zero-order chi connectivity index (χ0) is 27.7. The first-order valence-corrected chi connectivity index (χ1v) is 11.6. The minimum absolute atomic E-state index is 0.122. The monoisotopic (exact) mass is 564 g/mol. The van der Waals surface area contributed by atoms with Crippen LogP contribution in [0.3, 0.4) is 0 Å². The van der Waals surface area contributed by atoms with Crippen LogP contribution in [0.15, 0.2) is 83.7 Å². The lowest BCUT2D eigenvalue weighted by molar-refractivity contribution is -0.289. The average molecular weight is 565 g/mol. The second-order valence-electron chi connectivity index (χ2n) is 8.07. The number of para-hydroxylation sites is 1. The molecule has 11 heteroatoms. The summed E-state index contributed by atoms with van der Waals surface area (Å²) in [5.74, 6) is -4.59. The number of benzene rings is 3. The molecule has 1 aromatic heterocycles. The number of hydrogen-bond donors (Lipinski definition) is 0.